The Bertz CT molecular complexity index is 1230. The molecule has 8 N–H and O–H groups in total. The smallest absolute Gasteiger partial charge is 0.425 e. The Hall–Kier alpha value is 1.43. The number of hydrogen-bond donors (Lipinski definition) is 6. The molecule has 0 aromatic rings. The third-order valence-electron chi connectivity index (χ3n) is 9.20. The first-order valence-corrected chi connectivity index (χ1v) is 21.8. The summed E-state index contributed by atoms with van der Waals surface area (Å²) in [4.78, 5) is 0. The molecule has 6 aliphatic heterocycles. The molecule has 5 saturated heterocycles. The Morgan fingerprint density at radius 3 is 1.22 bits per heavy atom. The minimum Gasteiger partial charge on any atom is -0.686 e. The average molecular weight is 1430 g/mol. The maximum atomic E-state index is 9.51. The molecule has 0 spiro atoms. The largest absolute Gasteiger partial charge is 0.686 e. The van der Waals surface area contributed by atoms with Crippen LogP contribution in [0.3, 0.4) is 0 Å². The van der Waals surface area contributed by atoms with Gasteiger partial charge in [0.2, 0.25) is 0 Å². The van der Waals surface area contributed by atoms with Crippen molar-refractivity contribution in [2.24, 2.45) is 0 Å². The van der Waals surface area contributed by atoms with Gasteiger partial charge in [-0.2, -0.15) is 58.8 Å². The predicted octanol–water partition coefficient (Wildman–Crippen LogP) is 4.51. The molecule has 6 aliphatic rings. The van der Waals surface area contributed by atoms with E-state index in [1.54, 1.807) is 0 Å². The molecule has 0 aromatic carbocycles. The summed E-state index contributed by atoms with van der Waals surface area (Å²) >= 11 is 0. The van der Waals surface area contributed by atoms with Crippen LogP contribution in [0.25, 0.3) is 31.9 Å². The van der Waals surface area contributed by atoms with Gasteiger partial charge in [-0.3, -0.25) is 9.11 Å². The quantitative estimate of drug-likeness (QED) is 0.0675. The number of aliphatic hydroxyl groups is 4. The summed E-state index contributed by atoms with van der Waals surface area (Å²) in [6, 6.07) is 3.45. The van der Waals surface area contributed by atoms with Crippen LogP contribution < -0.4 is 0 Å². The third-order valence-corrected chi connectivity index (χ3v) is 9.77. The molecule has 58 heavy (non-hydrogen) atoms. The topological polar surface area (TPSA) is 324 Å². The van der Waals surface area contributed by atoms with E-state index in [9.17, 15) is 16.8 Å². The molecule has 0 aliphatic carbocycles. The molecular weight excluding hydrogens is 1370 g/mol. The average Bonchev–Trinajstić information content (AvgIpc) is 3.15. The van der Waals surface area contributed by atoms with Gasteiger partial charge < -0.3 is 57.8 Å². The fraction of sp³-hybridized carbons (Fsp3) is 0.882. The molecule has 0 radical (unpaired) electrons. The molecule has 0 bridgehead atoms. The van der Waals surface area contributed by atoms with Gasteiger partial charge in [-0.15, -0.1) is 38.3 Å². The second-order valence-corrected chi connectivity index (χ2v) is 15.9. The molecule has 24 heteroatoms. The maximum absolute atomic E-state index is 9.51. The Morgan fingerprint density at radius 2 is 0.914 bits per heavy atom. The van der Waals surface area contributed by atoms with Crippen LogP contribution in [-0.2, 0) is 112 Å². The predicted molar refractivity (Wildman–Crippen MR) is 209 cm³/mol. The van der Waals surface area contributed by atoms with Crippen LogP contribution in [-0.4, -0.2) is 133 Å². The number of rotatable bonds is 7. The van der Waals surface area contributed by atoms with Crippen molar-refractivity contribution in [1.29, 1.82) is 0 Å². The molecule has 19 nitrogen and oxygen atoms in total. The first kappa shape index (κ1) is 63.7. The van der Waals surface area contributed by atoms with Crippen LogP contribution in [0.2, 0.25) is 0 Å². The number of aliphatic hydroxyl groups excluding tert-OH is 2. The van der Waals surface area contributed by atoms with E-state index in [4.69, 9.17) is 56.1 Å². The van der Waals surface area contributed by atoms with Crippen molar-refractivity contribution in [3.8, 4) is 0 Å². The molecule has 0 amide bonds. The molecule has 0 aromatic heterocycles. The molecule has 7 atom stereocenters. The van der Waals surface area contributed by atoms with Crippen molar-refractivity contribution < 1.29 is 144 Å². The van der Waals surface area contributed by atoms with Crippen molar-refractivity contribution >= 4 is 20.8 Å². The summed E-state index contributed by atoms with van der Waals surface area (Å²) in [6.07, 6.45) is 23.3. The van der Waals surface area contributed by atoms with E-state index >= 15 is 0 Å². The van der Waals surface area contributed by atoms with Crippen LogP contribution in [0.15, 0.2) is 23.9 Å². The van der Waals surface area contributed by atoms with Gasteiger partial charge in [0.05, 0.1) is 0 Å². The van der Waals surface area contributed by atoms with Gasteiger partial charge in [-0.1, -0.05) is 117 Å². The summed E-state index contributed by atoms with van der Waals surface area (Å²) in [5.41, 5.74) is 1.19. The Kier molecular flexibility index (Phi) is 39.3. The maximum Gasteiger partial charge on any atom is 0.425 e. The molecule has 5 fully saturated rings. The summed E-state index contributed by atoms with van der Waals surface area (Å²) in [5.74, 6) is 0. The number of allylic oxidation sites excluding steroid dienone is 2. The van der Waals surface area contributed by atoms with Gasteiger partial charge in [0.25, 0.3) is 0 Å². The Balaban J connectivity index is -0.000000714. The fourth-order valence-electron chi connectivity index (χ4n) is 7.04. The van der Waals surface area contributed by atoms with Gasteiger partial charge in [-0.25, -0.2) is 0 Å². The number of piperidine rings is 5. The SMILES string of the molecule is C1=CC[N-]C(C2CCCC(C3CCCC[N-]3)[N-]2)=C1.C1CCC(C2CCCC(C3CCCC[N-]3)[N-]2)[N-]C1.CC(O)O.CC(O)O.O.O=S(=O)(O)OOS(=O)(=O)O.[Hg].[Hg].[Hg]. The zero-order chi connectivity index (χ0) is 40.0. The zero-order valence-corrected chi connectivity index (χ0v) is 52.2. The summed E-state index contributed by atoms with van der Waals surface area (Å²) in [5, 5.41) is 59.6. The molecule has 6 heterocycles. The Labute approximate surface area is 407 Å². The minimum absolute atomic E-state index is 0. The van der Waals surface area contributed by atoms with Crippen molar-refractivity contribution in [3.63, 3.8) is 0 Å². The normalized spacial score (nSPS) is 28.2. The van der Waals surface area contributed by atoms with Crippen LogP contribution >= 0.6 is 0 Å². The van der Waals surface area contributed by atoms with E-state index in [2.05, 4.69) is 32.2 Å². The van der Waals surface area contributed by atoms with E-state index in [0.717, 1.165) is 26.2 Å². The van der Waals surface area contributed by atoms with Crippen LogP contribution in [0.4, 0.5) is 0 Å². The van der Waals surface area contributed by atoms with Crippen LogP contribution in [0.5, 0.6) is 0 Å². The Morgan fingerprint density at radius 1 is 0.569 bits per heavy atom. The molecule has 332 valence electrons. The van der Waals surface area contributed by atoms with Gasteiger partial charge in [0, 0.05) is 83.0 Å². The minimum atomic E-state index is -5.02. The van der Waals surface area contributed by atoms with Crippen molar-refractivity contribution in [2.45, 2.75) is 165 Å². The molecule has 0 saturated carbocycles. The van der Waals surface area contributed by atoms with E-state index < -0.39 is 33.4 Å². The van der Waals surface area contributed by atoms with E-state index in [1.165, 1.54) is 116 Å². The second-order valence-electron chi connectivity index (χ2n) is 13.9. The summed E-state index contributed by atoms with van der Waals surface area (Å²) in [7, 11) is -10.0. The monoisotopic (exact) mass is 1430 g/mol. The molecular formula is C34H64Hg3N6O13S2-6. The van der Waals surface area contributed by atoms with E-state index in [-0.39, 0.29) is 88.5 Å². The first-order chi connectivity index (χ1) is 25.5. The van der Waals surface area contributed by atoms with Crippen molar-refractivity contribution in [2.75, 3.05) is 26.2 Å². The van der Waals surface area contributed by atoms with Gasteiger partial charge >= 0.3 is 20.8 Å². The van der Waals surface area contributed by atoms with Crippen LogP contribution in [0.1, 0.15) is 110 Å². The van der Waals surface area contributed by atoms with Crippen molar-refractivity contribution in [3.05, 3.63) is 55.8 Å². The van der Waals surface area contributed by atoms with Gasteiger partial charge in [0.1, 0.15) is 12.6 Å². The number of hydrogen-bond acceptors (Lipinski definition) is 10. The number of nitrogens with zero attached hydrogens (tertiary/aromatic N) is 6. The standard InChI is InChI=1S/C15H26N3.C15H22N3.2C2H6O2.3Hg.H2O8S2.H2O/c2*1-3-10-16-12(6-1)14-8-5-9-15(18-14)13-7-2-4-11-17-13;2*1-2(3)4;;;;1-9(2,3)7-8-10(4,5)6;/h12-15H,1-11H2;1,3,6,13-15H,2,4-5,7-11H2;2*2-4H,1H3;;;;(H,1,2,3)(H,4,5,6);1H2/q2*-3;;;;;;;. The van der Waals surface area contributed by atoms with Gasteiger partial charge in [-0.05, 0) is 13.8 Å². The summed E-state index contributed by atoms with van der Waals surface area (Å²) in [6.45, 7) is 6.60. The second kappa shape index (κ2) is 35.7. The molecule has 6 rings (SSSR count). The zero-order valence-electron chi connectivity index (χ0n) is 34.1. The first-order valence-electron chi connectivity index (χ1n) is 19.0. The van der Waals surface area contributed by atoms with Gasteiger partial charge in [0.15, 0.2) is 0 Å². The molecule has 7 unspecified atom stereocenters. The van der Waals surface area contributed by atoms with Crippen LogP contribution in [0, 0.1) is 0 Å². The summed E-state index contributed by atoms with van der Waals surface area (Å²) < 4.78 is 58.9. The van der Waals surface area contributed by atoms with E-state index in [1.807, 2.05) is 0 Å². The third kappa shape index (κ3) is 31.3. The van der Waals surface area contributed by atoms with Crippen molar-refractivity contribution in [1.82, 2.24) is 0 Å². The fourth-order valence-corrected chi connectivity index (χ4v) is 7.60. The van der Waals surface area contributed by atoms with E-state index in [0.29, 0.717) is 42.3 Å².